The fraction of sp³-hybridized carbons (Fsp3) is 0.0833. The van der Waals surface area contributed by atoms with E-state index in [1.807, 2.05) is 0 Å². The first-order chi connectivity index (χ1) is 7.59. The number of rotatable bonds is 1. The van der Waals surface area contributed by atoms with Gasteiger partial charge in [-0.3, -0.25) is 9.36 Å². The zero-order chi connectivity index (χ0) is 11.7. The van der Waals surface area contributed by atoms with Crippen molar-refractivity contribution in [3.63, 3.8) is 0 Å². The number of nitrogens with zero attached hydrogens (tertiary/aromatic N) is 1. The molecule has 0 bridgehead atoms. The summed E-state index contributed by atoms with van der Waals surface area (Å²) in [5.74, 6) is -1.51. The van der Waals surface area contributed by atoms with Crippen molar-refractivity contribution < 1.29 is 8.78 Å². The second-order valence-corrected chi connectivity index (χ2v) is 3.48. The molecule has 1 aromatic heterocycles. The molecule has 0 atom stereocenters. The Hall–Kier alpha value is -1.97. The lowest BCUT2D eigenvalue weighted by Crippen LogP contribution is -2.19. The van der Waals surface area contributed by atoms with Crippen molar-refractivity contribution >= 4 is 0 Å². The standard InChI is InChI=1S/C12H9F2NO/c1-8-5-6-11(16)15(7-8)12-9(13)3-2-4-10(12)14/h2-7H,1H3. The Bertz CT molecular complexity index is 570. The van der Waals surface area contributed by atoms with Gasteiger partial charge in [0, 0.05) is 12.3 Å². The van der Waals surface area contributed by atoms with E-state index in [1.165, 1.54) is 18.3 Å². The molecule has 1 aromatic carbocycles. The smallest absolute Gasteiger partial charge is 0.255 e. The highest BCUT2D eigenvalue weighted by Crippen LogP contribution is 2.15. The maximum atomic E-state index is 13.4. The Kier molecular flexibility index (Phi) is 2.56. The van der Waals surface area contributed by atoms with E-state index in [2.05, 4.69) is 0 Å². The fourth-order valence-electron chi connectivity index (χ4n) is 1.49. The maximum absolute atomic E-state index is 13.4. The van der Waals surface area contributed by atoms with Crippen molar-refractivity contribution in [2.75, 3.05) is 0 Å². The number of aromatic nitrogens is 1. The van der Waals surface area contributed by atoms with Gasteiger partial charge in [-0.1, -0.05) is 12.1 Å². The van der Waals surface area contributed by atoms with Crippen LogP contribution in [-0.4, -0.2) is 4.57 Å². The Balaban J connectivity index is 2.77. The zero-order valence-electron chi connectivity index (χ0n) is 8.58. The summed E-state index contributed by atoms with van der Waals surface area (Å²) in [4.78, 5) is 11.5. The lowest BCUT2D eigenvalue weighted by atomic mass is 10.2. The van der Waals surface area contributed by atoms with Gasteiger partial charge in [0.1, 0.15) is 17.3 Å². The van der Waals surface area contributed by atoms with Gasteiger partial charge in [-0.05, 0) is 24.6 Å². The number of aryl methyl sites for hydroxylation is 1. The van der Waals surface area contributed by atoms with Crippen molar-refractivity contribution in [2.45, 2.75) is 6.92 Å². The van der Waals surface area contributed by atoms with Gasteiger partial charge in [-0.25, -0.2) is 8.78 Å². The number of hydrogen-bond donors (Lipinski definition) is 0. The molecule has 0 fully saturated rings. The monoisotopic (exact) mass is 221 g/mol. The molecular formula is C12H9F2NO. The molecule has 0 radical (unpaired) electrons. The van der Waals surface area contributed by atoms with Crippen molar-refractivity contribution in [1.29, 1.82) is 0 Å². The van der Waals surface area contributed by atoms with Gasteiger partial charge < -0.3 is 0 Å². The van der Waals surface area contributed by atoms with Gasteiger partial charge in [0.05, 0.1) is 0 Å². The number of halogens is 2. The van der Waals surface area contributed by atoms with Gasteiger partial charge >= 0.3 is 0 Å². The Morgan fingerprint density at radius 3 is 2.31 bits per heavy atom. The van der Waals surface area contributed by atoms with Gasteiger partial charge in [-0.2, -0.15) is 0 Å². The second-order valence-electron chi connectivity index (χ2n) is 3.48. The van der Waals surface area contributed by atoms with Crippen molar-refractivity contribution in [3.8, 4) is 5.69 Å². The lowest BCUT2D eigenvalue weighted by Gasteiger charge is -2.08. The van der Waals surface area contributed by atoms with E-state index in [-0.39, 0.29) is 5.69 Å². The van der Waals surface area contributed by atoms with Crippen LogP contribution in [0.3, 0.4) is 0 Å². The molecule has 0 aliphatic heterocycles. The van der Waals surface area contributed by atoms with Crippen LogP contribution in [0.1, 0.15) is 5.56 Å². The quantitative estimate of drug-likeness (QED) is 0.724. The number of benzene rings is 1. The average molecular weight is 221 g/mol. The van der Waals surface area contributed by atoms with Crippen LogP contribution in [0.2, 0.25) is 0 Å². The molecule has 1 heterocycles. The van der Waals surface area contributed by atoms with Gasteiger partial charge in [-0.15, -0.1) is 0 Å². The summed E-state index contributed by atoms with van der Waals surface area (Å²) in [6, 6.07) is 6.37. The van der Waals surface area contributed by atoms with Crippen LogP contribution >= 0.6 is 0 Å². The van der Waals surface area contributed by atoms with Crippen LogP contribution in [0.15, 0.2) is 41.3 Å². The molecule has 2 nitrogen and oxygen atoms in total. The predicted octanol–water partition coefficient (Wildman–Crippen LogP) is 2.42. The number of pyridine rings is 1. The van der Waals surface area contributed by atoms with E-state index < -0.39 is 17.2 Å². The van der Waals surface area contributed by atoms with Crippen LogP contribution in [0.5, 0.6) is 0 Å². The molecule has 0 saturated heterocycles. The summed E-state index contributed by atoms with van der Waals surface area (Å²) in [6.45, 7) is 1.74. The predicted molar refractivity (Wildman–Crippen MR) is 56.7 cm³/mol. The van der Waals surface area contributed by atoms with Gasteiger partial charge in [0.2, 0.25) is 0 Å². The van der Waals surface area contributed by atoms with E-state index in [9.17, 15) is 13.6 Å². The topological polar surface area (TPSA) is 22.0 Å². The molecular weight excluding hydrogens is 212 g/mol. The normalized spacial score (nSPS) is 10.4. The van der Waals surface area contributed by atoms with E-state index in [0.29, 0.717) is 0 Å². The third-order valence-electron chi connectivity index (χ3n) is 2.24. The Labute approximate surface area is 90.8 Å². The minimum atomic E-state index is -0.757. The molecule has 0 spiro atoms. The molecule has 0 N–H and O–H groups in total. The maximum Gasteiger partial charge on any atom is 0.255 e. The highest BCUT2D eigenvalue weighted by molar-refractivity contribution is 5.36. The van der Waals surface area contributed by atoms with Crippen LogP contribution in [0.4, 0.5) is 8.78 Å². The van der Waals surface area contributed by atoms with Crippen LogP contribution in [0, 0.1) is 18.6 Å². The summed E-state index contributed by atoms with van der Waals surface area (Å²) >= 11 is 0. The molecule has 0 unspecified atom stereocenters. The number of para-hydroxylation sites is 1. The summed E-state index contributed by atoms with van der Waals surface area (Å²) in [5.41, 5.74) is -0.0481. The van der Waals surface area contributed by atoms with Gasteiger partial charge in [0.15, 0.2) is 0 Å². The van der Waals surface area contributed by atoms with E-state index >= 15 is 0 Å². The molecule has 2 rings (SSSR count). The first kappa shape index (κ1) is 10.5. The summed E-state index contributed by atoms with van der Waals surface area (Å²) < 4.78 is 27.9. The second kappa shape index (κ2) is 3.89. The largest absolute Gasteiger partial charge is 0.278 e. The van der Waals surface area contributed by atoms with Gasteiger partial charge in [0.25, 0.3) is 5.56 Å². The van der Waals surface area contributed by atoms with Crippen molar-refractivity contribution in [3.05, 3.63) is 64.1 Å². The van der Waals surface area contributed by atoms with Crippen LogP contribution < -0.4 is 5.56 Å². The van der Waals surface area contributed by atoms with E-state index in [0.717, 1.165) is 22.3 Å². The molecule has 0 saturated carbocycles. The first-order valence-corrected chi connectivity index (χ1v) is 4.73. The third-order valence-corrected chi connectivity index (χ3v) is 2.24. The molecule has 16 heavy (non-hydrogen) atoms. The van der Waals surface area contributed by atoms with Crippen molar-refractivity contribution in [1.82, 2.24) is 4.57 Å². The molecule has 2 aromatic rings. The van der Waals surface area contributed by atoms with Crippen LogP contribution in [0.25, 0.3) is 5.69 Å². The third kappa shape index (κ3) is 1.74. The molecule has 0 aliphatic rings. The lowest BCUT2D eigenvalue weighted by molar-refractivity contribution is 0.566. The summed E-state index contributed by atoms with van der Waals surface area (Å²) in [7, 11) is 0. The minimum absolute atomic E-state index is 0.337. The molecule has 4 heteroatoms. The van der Waals surface area contributed by atoms with E-state index in [1.54, 1.807) is 13.0 Å². The first-order valence-electron chi connectivity index (χ1n) is 4.73. The Morgan fingerprint density at radius 1 is 1.06 bits per heavy atom. The minimum Gasteiger partial charge on any atom is -0.278 e. The molecule has 0 amide bonds. The highest BCUT2D eigenvalue weighted by atomic mass is 19.1. The van der Waals surface area contributed by atoms with Crippen LogP contribution in [-0.2, 0) is 0 Å². The zero-order valence-corrected chi connectivity index (χ0v) is 8.58. The van der Waals surface area contributed by atoms with E-state index in [4.69, 9.17) is 0 Å². The highest BCUT2D eigenvalue weighted by Gasteiger charge is 2.11. The fourth-order valence-corrected chi connectivity index (χ4v) is 1.49. The SMILES string of the molecule is Cc1ccc(=O)n(-c2c(F)cccc2F)c1. The Morgan fingerprint density at radius 2 is 1.69 bits per heavy atom. The molecule has 0 aliphatic carbocycles. The molecule has 82 valence electrons. The summed E-state index contributed by atoms with van der Waals surface area (Å²) in [5, 5.41) is 0. The van der Waals surface area contributed by atoms with Crippen molar-refractivity contribution in [2.24, 2.45) is 0 Å². The number of hydrogen-bond acceptors (Lipinski definition) is 1. The average Bonchev–Trinajstić information content (AvgIpc) is 2.23. The summed E-state index contributed by atoms with van der Waals surface area (Å²) in [6.07, 6.45) is 1.41.